The Morgan fingerprint density at radius 1 is 0.919 bits per heavy atom. The zero-order valence-electron chi connectivity index (χ0n) is 21.7. The second kappa shape index (κ2) is 12.2. The Balaban J connectivity index is 2.23. The van der Waals surface area contributed by atoms with Gasteiger partial charge < -0.3 is 24.8 Å². The lowest BCUT2D eigenvalue weighted by Crippen LogP contribution is -2.26. The quantitative estimate of drug-likeness (QED) is 0.345. The lowest BCUT2D eigenvalue weighted by Gasteiger charge is -2.21. The summed E-state index contributed by atoms with van der Waals surface area (Å²) in [5, 5.41) is 29.5. The Kier molecular flexibility index (Phi) is 9.23. The van der Waals surface area contributed by atoms with E-state index in [1.807, 2.05) is 48.7 Å². The number of carbonyl (C=O) groups is 2. The van der Waals surface area contributed by atoms with E-state index in [1.165, 1.54) is 17.0 Å². The van der Waals surface area contributed by atoms with Crippen molar-refractivity contribution in [3.05, 3.63) is 71.8 Å². The zero-order valence-corrected chi connectivity index (χ0v) is 21.7. The van der Waals surface area contributed by atoms with Crippen LogP contribution in [0.3, 0.4) is 0 Å². The summed E-state index contributed by atoms with van der Waals surface area (Å²) in [4.78, 5) is 26.0. The van der Waals surface area contributed by atoms with Crippen molar-refractivity contribution in [1.29, 1.82) is 0 Å². The minimum absolute atomic E-state index is 0.0738. The summed E-state index contributed by atoms with van der Waals surface area (Å²) < 4.78 is 15.9. The van der Waals surface area contributed by atoms with Crippen molar-refractivity contribution >= 4 is 11.9 Å². The van der Waals surface area contributed by atoms with Crippen molar-refractivity contribution in [3.63, 3.8) is 0 Å². The maximum atomic E-state index is 13.9. The molecule has 0 saturated carbocycles. The van der Waals surface area contributed by atoms with Crippen LogP contribution in [0.1, 0.15) is 55.3 Å². The standard InChI is InChI=1S/C29H35FN2O5/c1-18(2)32-24(15-14-22(33)16-23(34)17-25(35)36)26(20-10-12-21(30)13-11-20)27(19-8-6-5-7-9-19)28(32)29(37)31(3)4/h5-13,18,22-23,33-34H,14-17H2,1-4H3,(H,35,36)/t22-,23-/m1/s1. The average molecular weight is 511 g/mol. The van der Waals surface area contributed by atoms with Crippen molar-refractivity contribution in [2.75, 3.05) is 14.1 Å². The van der Waals surface area contributed by atoms with Gasteiger partial charge in [0.2, 0.25) is 0 Å². The van der Waals surface area contributed by atoms with Crippen LogP contribution in [0.15, 0.2) is 54.6 Å². The second-order valence-electron chi connectivity index (χ2n) is 9.76. The summed E-state index contributed by atoms with van der Waals surface area (Å²) in [6, 6.07) is 15.6. The number of rotatable bonds is 11. The highest BCUT2D eigenvalue weighted by Gasteiger charge is 2.31. The van der Waals surface area contributed by atoms with Crippen molar-refractivity contribution < 1.29 is 29.3 Å². The lowest BCUT2D eigenvalue weighted by atomic mass is 9.92. The van der Waals surface area contributed by atoms with Crippen LogP contribution in [0.5, 0.6) is 0 Å². The number of hydrogen-bond acceptors (Lipinski definition) is 4. The van der Waals surface area contributed by atoms with E-state index in [0.717, 1.165) is 27.9 Å². The molecule has 0 saturated heterocycles. The summed E-state index contributed by atoms with van der Waals surface area (Å²) >= 11 is 0. The molecule has 0 spiro atoms. The molecule has 2 aromatic carbocycles. The molecule has 198 valence electrons. The van der Waals surface area contributed by atoms with Gasteiger partial charge in [0.05, 0.1) is 18.6 Å². The first kappa shape index (κ1) is 28.1. The number of benzene rings is 2. The van der Waals surface area contributed by atoms with Gasteiger partial charge in [-0.05, 0) is 56.4 Å². The van der Waals surface area contributed by atoms with Crippen LogP contribution in [0.25, 0.3) is 22.3 Å². The predicted molar refractivity (Wildman–Crippen MR) is 141 cm³/mol. The molecule has 3 aromatic rings. The van der Waals surface area contributed by atoms with Gasteiger partial charge in [0, 0.05) is 37.0 Å². The van der Waals surface area contributed by atoms with Crippen LogP contribution in [-0.4, -0.2) is 63.0 Å². The monoisotopic (exact) mass is 510 g/mol. The van der Waals surface area contributed by atoms with Gasteiger partial charge in [0.15, 0.2) is 0 Å². The fraction of sp³-hybridized carbons (Fsp3) is 0.379. The van der Waals surface area contributed by atoms with E-state index in [-0.39, 0.29) is 30.6 Å². The molecule has 7 nitrogen and oxygen atoms in total. The Bertz CT molecular complexity index is 1220. The smallest absolute Gasteiger partial charge is 0.305 e. The van der Waals surface area contributed by atoms with Gasteiger partial charge in [-0.3, -0.25) is 9.59 Å². The van der Waals surface area contributed by atoms with E-state index in [9.17, 15) is 24.2 Å². The molecule has 37 heavy (non-hydrogen) atoms. The molecule has 1 aromatic heterocycles. The zero-order chi connectivity index (χ0) is 27.3. The molecule has 1 heterocycles. The molecule has 0 aliphatic rings. The minimum atomic E-state index is -1.16. The van der Waals surface area contributed by atoms with Gasteiger partial charge in [-0.1, -0.05) is 42.5 Å². The highest BCUT2D eigenvalue weighted by Crippen LogP contribution is 2.42. The van der Waals surface area contributed by atoms with E-state index < -0.39 is 24.6 Å². The van der Waals surface area contributed by atoms with Crippen molar-refractivity contribution in [2.24, 2.45) is 0 Å². The molecule has 2 atom stereocenters. The van der Waals surface area contributed by atoms with E-state index in [1.54, 1.807) is 26.2 Å². The summed E-state index contributed by atoms with van der Waals surface area (Å²) in [6.45, 7) is 3.96. The summed E-state index contributed by atoms with van der Waals surface area (Å²) in [5.74, 6) is -1.69. The fourth-order valence-electron chi connectivity index (χ4n) is 4.71. The number of aliphatic hydroxyl groups is 2. The van der Waals surface area contributed by atoms with Crippen LogP contribution >= 0.6 is 0 Å². The van der Waals surface area contributed by atoms with Gasteiger partial charge in [-0.2, -0.15) is 0 Å². The molecule has 0 fully saturated rings. The van der Waals surface area contributed by atoms with Crippen LogP contribution < -0.4 is 0 Å². The largest absolute Gasteiger partial charge is 0.481 e. The molecule has 0 unspecified atom stereocenters. The Hall–Kier alpha value is -3.49. The third kappa shape index (κ3) is 6.64. The fourth-order valence-corrected chi connectivity index (χ4v) is 4.71. The number of aliphatic hydroxyl groups excluding tert-OH is 2. The van der Waals surface area contributed by atoms with Crippen molar-refractivity contribution in [2.45, 2.75) is 57.8 Å². The van der Waals surface area contributed by atoms with E-state index in [0.29, 0.717) is 12.1 Å². The van der Waals surface area contributed by atoms with Crippen molar-refractivity contribution in [3.8, 4) is 22.3 Å². The van der Waals surface area contributed by atoms with Gasteiger partial charge in [-0.15, -0.1) is 0 Å². The number of aromatic nitrogens is 1. The number of aliphatic carboxylic acids is 1. The van der Waals surface area contributed by atoms with E-state index in [2.05, 4.69) is 0 Å². The topological polar surface area (TPSA) is 103 Å². The van der Waals surface area contributed by atoms with Gasteiger partial charge in [-0.25, -0.2) is 4.39 Å². The summed E-state index contributed by atoms with van der Waals surface area (Å²) in [5.41, 5.74) is 4.39. The molecule has 3 N–H and O–H groups in total. The Morgan fingerprint density at radius 3 is 2.05 bits per heavy atom. The number of amides is 1. The van der Waals surface area contributed by atoms with Gasteiger partial charge in [0.25, 0.3) is 5.91 Å². The van der Waals surface area contributed by atoms with E-state index in [4.69, 9.17) is 5.11 Å². The third-order valence-electron chi connectivity index (χ3n) is 6.30. The van der Waals surface area contributed by atoms with Gasteiger partial charge in [0.1, 0.15) is 11.5 Å². The Labute approximate surface area is 216 Å². The van der Waals surface area contributed by atoms with Crippen LogP contribution in [0.4, 0.5) is 4.39 Å². The SMILES string of the molecule is CC(C)n1c(CC[C@@H](O)C[C@@H](O)CC(=O)O)c(-c2ccc(F)cc2)c(-c2ccccc2)c1C(=O)N(C)C. The highest BCUT2D eigenvalue weighted by atomic mass is 19.1. The minimum Gasteiger partial charge on any atom is -0.481 e. The predicted octanol–water partition coefficient (Wildman–Crippen LogP) is 4.76. The molecule has 0 aliphatic heterocycles. The molecule has 3 rings (SSSR count). The molecular formula is C29H35FN2O5. The Morgan fingerprint density at radius 2 is 1.51 bits per heavy atom. The lowest BCUT2D eigenvalue weighted by molar-refractivity contribution is -0.139. The van der Waals surface area contributed by atoms with Crippen LogP contribution in [-0.2, 0) is 11.2 Å². The first-order valence-electron chi connectivity index (χ1n) is 12.4. The number of nitrogens with zero attached hydrogens (tertiary/aromatic N) is 2. The third-order valence-corrected chi connectivity index (χ3v) is 6.30. The number of carboxylic acids is 1. The average Bonchev–Trinajstić information content (AvgIpc) is 3.17. The second-order valence-corrected chi connectivity index (χ2v) is 9.76. The highest BCUT2D eigenvalue weighted by molar-refractivity contribution is 6.05. The number of carboxylic acid groups (broad SMARTS) is 1. The number of hydrogen-bond donors (Lipinski definition) is 3. The summed E-state index contributed by atoms with van der Waals surface area (Å²) in [7, 11) is 3.39. The van der Waals surface area contributed by atoms with Crippen LogP contribution in [0, 0.1) is 5.82 Å². The van der Waals surface area contributed by atoms with Gasteiger partial charge >= 0.3 is 5.97 Å². The first-order valence-corrected chi connectivity index (χ1v) is 12.4. The first-order chi connectivity index (χ1) is 17.5. The maximum absolute atomic E-state index is 13.9. The van der Waals surface area contributed by atoms with Crippen molar-refractivity contribution in [1.82, 2.24) is 9.47 Å². The molecular weight excluding hydrogens is 475 g/mol. The number of halogens is 1. The molecule has 0 radical (unpaired) electrons. The molecule has 0 aliphatic carbocycles. The summed E-state index contributed by atoms with van der Waals surface area (Å²) in [6.07, 6.45) is -2.03. The normalized spacial score (nSPS) is 13.0. The molecule has 0 bridgehead atoms. The molecule has 1 amide bonds. The number of carbonyl (C=O) groups excluding carboxylic acids is 1. The maximum Gasteiger partial charge on any atom is 0.305 e. The molecule has 8 heteroatoms. The van der Waals surface area contributed by atoms with Crippen LogP contribution in [0.2, 0.25) is 0 Å². The van der Waals surface area contributed by atoms with E-state index >= 15 is 0 Å².